The average molecular weight is 404 g/mol. The van der Waals surface area contributed by atoms with Gasteiger partial charge in [0, 0.05) is 18.2 Å². The summed E-state index contributed by atoms with van der Waals surface area (Å²) in [7, 11) is -1.54. The topological polar surface area (TPSA) is 72.9 Å². The molecule has 0 N–H and O–H groups in total. The van der Waals surface area contributed by atoms with Crippen molar-refractivity contribution in [2.24, 2.45) is 0 Å². The molecule has 0 aliphatic carbocycles. The quantitative estimate of drug-likeness (QED) is 0.711. The Morgan fingerprint density at radius 3 is 2.25 bits per heavy atom. The molecule has 0 saturated carbocycles. The molecule has 1 saturated heterocycles. The number of sulfone groups is 1. The van der Waals surface area contributed by atoms with Gasteiger partial charge in [0.25, 0.3) is 5.91 Å². The van der Waals surface area contributed by atoms with Gasteiger partial charge in [-0.3, -0.25) is 4.79 Å². The molecule has 0 bridgehead atoms. The van der Waals surface area contributed by atoms with Crippen LogP contribution in [-0.4, -0.2) is 50.5 Å². The molecule has 1 aliphatic rings. The molecule has 7 heteroatoms. The molecule has 1 fully saturated rings. The molecule has 1 aliphatic heterocycles. The van der Waals surface area contributed by atoms with E-state index in [1.165, 1.54) is 0 Å². The normalized spacial score (nSPS) is 17.9. The van der Waals surface area contributed by atoms with Crippen molar-refractivity contribution in [3.05, 3.63) is 59.7 Å². The fourth-order valence-corrected chi connectivity index (χ4v) is 5.07. The second-order valence-electron chi connectivity index (χ2n) is 6.80. The number of amides is 1. The summed E-state index contributed by atoms with van der Waals surface area (Å²) in [6.07, 6.45) is 0.460. The van der Waals surface area contributed by atoms with E-state index < -0.39 is 9.84 Å². The summed E-state index contributed by atoms with van der Waals surface area (Å²) in [5.41, 5.74) is 1.44. The zero-order chi connectivity index (χ0) is 20.1. The molecule has 0 unspecified atom stereocenters. The SMILES string of the molecule is CCOc1ccc(CN(C(=O)c2ccc(OC)cc2)[C@@H]2CCS(=O)(=O)C2)cc1. The van der Waals surface area contributed by atoms with Crippen LogP contribution in [0.25, 0.3) is 0 Å². The summed E-state index contributed by atoms with van der Waals surface area (Å²) in [5.74, 6) is 1.37. The van der Waals surface area contributed by atoms with E-state index in [4.69, 9.17) is 9.47 Å². The highest BCUT2D eigenvalue weighted by Gasteiger charge is 2.35. The highest BCUT2D eigenvalue weighted by atomic mass is 32.2. The first-order valence-electron chi connectivity index (χ1n) is 9.29. The van der Waals surface area contributed by atoms with E-state index in [1.807, 2.05) is 31.2 Å². The Morgan fingerprint density at radius 2 is 1.71 bits per heavy atom. The highest BCUT2D eigenvalue weighted by molar-refractivity contribution is 7.91. The highest BCUT2D eigenvalue weighted by Crippen LogP contribution is 2.24. The standard InChI is InChI=1S/C21H25NO5S/c1-3-27-20-8-4-16(5-9-20)14-22(18-12-13-28(24,25)15-18)21(23)17-6-10-19(26-2)11-7-17/h4-11,18H,3,12-15H2,1-2H3/t18-/m1/s1. The number of rotatable bonds is 7. The Morgan fingerprint density at radius 1 is 1.07 bits per heavy atom. The Bertz CT molecular complexity index is 907. The Hall–Kier alpha value is -2.54. The lowest BCUT2D eigenvalue weighted by Crippen LogP contribution is -2.40. The van der Waals surface area contributed by atoms with Crippen LogP contribution in [0.4, 0.5) is 0 Å². The molecule has 3 rings (SSSR count). The summed E-state index contributed by atoms with van der Waals surface area (Å²) < 4.78 is 34.6. The van der Waals surface area contributed by atoms with Crippen LogP contribution < -0.4 is 9.47 Å². The molecule has 28 heavy (non-hydrogen) atoms. The van der Waals surface area contributed by atoms with Gasteiger partial charge in [-0.25, -0.2) is 8.42 Å². The second-order valence-corrected chi connectivity index (χ2v) is 9.02. The van der Waals surface area contributed by atoms with Crippen LogP contribution in [0.3, 0.4) is 0 Å². The monoisotopic (exact) mass is 403 g/mol. The van der Waals surface area contributed by atoms with Crippen molar-refractivity contribution in [2.45, 2.75) is 25.9 Å². The number of nitrogens with zero attached hydrogens (tertiary/aromatic N) is 1. The summed E-state index contributed by atoms with van der Waals surface area (Å²) in [5, 5.41) is 0. The number of benzene rings is 2. The van der Waals surface area contributed by atoms with E-state index in [2.05, 4.69) is 0 Å². The first-order chi connectivity index (χ1) is 13.4. The van der Waals surface area contributed by atoms with E-state index >= 15 is 0 Å². The van der Waals surface area contributed by atoms with Gasteiger partial charge in [0.15, 0.2) is 9.84 Å². The van der Waals surface area contributed by atoms with Gasteiger partial charge in [-0.1, -0.05) is 12.1 Å². The number of hydrogen-bond acceptors (Lipinski definition) is 5. The van der Waals surface area contributed by atoms with Crippen LogP contribution in [0.15, 0.2) is 48.5 Å². The molecule has 6 nitrogen and oxygen atoms in total. The lowest BCUT2D eigenvalue weighted by molar-refractivity contribution is 0.0681. The van der Waals surface area contributed by atoms with E-state index in [9.17, 15) is 13.2 Å². The largest absolute Gasteiger partial charge is 0.497 e. The molecular formula is C21H25NO5S. The predicted molar refractivity (Wildman–Crippen MR) is 108 cm³/mol. The van der Waals surface area contributed by atoms with Crippen LogP contribution >= 0.6 is 0 Å². The molecule has 1 atom stereocenters. The molecule has 0 spiro atoms. The third kappa shape index (κ3) is 4.84. The van der Waals surface area contributed by atoms with Crippen molar-refractivity contribution in [1.29, 1.82) is 0 Å². The summed E-state index contributed by atoms with van der Waals surface area (Å²) in [6, 6.07) is 14.1. The smallest absolute Gasteiger partial charge is 0.254 e. The fraction of sp³-hybridized carbons (Fsp3) is 0.381. The summed E-state index contributed by atoms with van der Waals surface area (Å²) in [4.78, 5) is 14.9. The molecule has 1 heterocycles. The van der Waals surface area contributed by atoms with Gasteiger partial charge >= 0.3 is 0 Å². The van der Waals surface area contributed by atoms with Crippen molar-refractivity contribution in [1.82, 2.24) is 4.90 Å². The van der Waals surface area contributed by atoms with Gasteiger partial charge in [-0.05, 0) is 55.3 Å². The van der Waals surface area contributed by atoms with E-state index in [0.717, 1.165) is 11.3 Å². The molecule has 1 amide bonds. The van der Waals surface area contributed by atoms with Crippen LogP contribution in [0, 0.1) is 0 Å². The maximum atomic E-state index is 13.2. The van der Waals surface area contributed by atoms with Crippen molar-refractivity contribution in [3.63, 3.8) is 0 Å². The Labute approximate surface area is 166 Å². The van der Waals surface area contributed by atoms with Crippen LogP contribution in [0.2, 0.25) is 0 Å². The number of hydrogen-bond donors (Lipinski definition) is 0. The fourth-order valence-electron chi connectivity index (χ4n) is 3.34. The number of carbonyl (C=O) groups is 1. The Balaban J connectivity index is 1.84. The van der Waals surface area contributed by atoms with Gasteiger partial charge in [0.05, 0.1) is 25.2 Å². The number of ether oxygens (including phenoxy) is 2. The van der Waals surface area contributed by atoms with Gasteiger partial charge < -0.3 is 14.4 Å². The zero-order valence-corrected chi connectivity index (χ0v) is 16.9. The van der Waals surface area contributed by atoms with E-state index in [1.54, 1.807) is 36.3 Å². The maximum absolute atomic E-state index is 13.2. The first kappa shape index (κ1) is 20.2. The summed E-state index contributed by atoms with van der Waals surface area (Å²) >= 11 is 0. The lowest BCUT2D eigenvalue weighted by atomic mass is 10.1. The first-order valence-corrected chi connectivity index (χ1v) is 11.1. The van der Waals surface area contributed by atoms with Crippen LogP contribution in [0.1, 0.15) is 29.3 Å². The van der Waals surface area contributed by atoms with Crippen LogP contribution in [-0.2, 0) is 16.4 Å². The van der Waals surface area contributed by atoms with Crippen molar-refractivity contribution < 1.29 is 22.7 Å². The van der Waals surface area contributed by atoms with E-state index in [-0.39, 0.29) is 23.5 Å². The minimum absolute atomic E-state index is 0.00588. The molecule has 2 aromatic carbocycles. The molecular weight excluding hydrogens is 378 g/mol. The third-order valence-corrected chi connectivity index (χ3v) is 6.58. The minimum atomic E-state index is -3.11. The van der Waals surface area contributed by atoms with Crippen molar-refractivity contribution in [3.8, 4) is 11.5 Å². The molecule has 150 valence electrons. The van der Waals surface area contributed by atoms with Crippen LogP contribution in [0.5, 0.6) is 11.5 Å². The van der Waals surface area contributed by atoms with E-state index in [0.29, 0.717) is 30.9 Å². The summed E-state index contributed by atoms with van der Waals surface area (Å²) in [6.45, 7) is 2.85. The predicted octanol–water partition coefficient (Wildman–Crippen LogP) is 2.92. The van der Waals surface area contributed by atoms with Gasteiger partial charge in [0.2, 0.25) is 0 Å². The van der Waals surface area contributed by atoms with Gasteiger partial charge in [-0.2, -0.15) is 0 Å². The zero-order valence-electron chi connectivity index (χ0n) is 16.1. The van der Waals surface area contributed by atoms with Crippen molar-refractivity contribution >= 4 is 15.7 Å². The van der Waals surface area contributed by atoms with Gasteiger partial charge in [0.1, 0.15) is 11.5 Å². The minimum Gasteiger partial charge on any atom is -0.497 e. The number of carbonyl (C=O) groups excluding carboxylic acids is 1. The average Bonchev–Trinajstić information content (AvgIpc) is 3.06. The maximum Gasteiger partial charge on any atom is 0.254 e. The lowest BCUT2D eigenvalue weighted by Gasteiger charge is -2.28. The molecule has 0 aromatic heterocycles. The van der Waals surface area contributed by atoms with Gasteiger partial charge in [-0.15, -0.1) is 0 Å². The number of methoxy groups -OCH3 is 1. The van der Waals surface area contributed by atoms with Crippen molar-refractivity contribution in [2.75, 3.05) is 25.2 Å². The molecule has 0 radical (unpaired) electrons. The Kier molecular flexibility index (Phi) is 6.24. The second kappa shape index (κ2) is 8.65. The third-order valence-electron chi connectivity index (χ3n) is 4.83. The molecule has 2 aromatic rings.